The van der Waals surface area contributed by atoms with Crippen LogP contribution in [0.2, 0.25) is 0 Å². The summed E-state index contributed by atoms with van der Waals surface area (Å²) in [6.07, 6.45) is 0.120. The molecule has 4 heteroatoms. The second-order valence-electron chi connectivity index (χ2n) is 7.53. The third kappa shape index (κ3) is 4.20. The van der Waals surface area contributed by atoms with Gasteiger partial charge in [0.25, 0.3) is 0 Å². The molecule has 3 aromatic carbocycles. The Morgan fingerprint density at radius 2 is 1.86 bits per heavy atom. The lowest BCUT2D eigenvalue weighted by molar-refractivity contribution is 0.137. The number of fused-ring (bicyclic) bond motifs is 1. The maximum atomic E-state index is 10.3. The van der Waals surface area contributed by atoms with Crippen LogP contribution in [0.3, 0.4) is 0 Å². The minimum absolute atomic E-state index is 0.0567. The Morgan fingerprint density at radius 3 is 2.66 bits per heavy atom. The molecule has 0 saturated heterocycles. The molecule has 0 aromatic heterocycles. The summed E-state index contributed by atoms with van der Waals surface area (Å²) in [5.41, 5.74) is 7.00. The van der Waals surface area contributed by atoms with Crippen molar-refractivity contribution in [3.8, 4) is 16.9 Å². The molecule has 1 aliphatic rings. The standard InChI is InChI=1S/C25H27NO3/c1-17-19(8-5-9-22(17)18-6-3-2-4-7-18)16-29-21-10-11-23-20(14-21)15-24(28)25(23)26-12-13-27/h2-11,14,24-28H,12-13,15-16H2,1H3/t24-,25-/m0/s1. The predicted octanol–water partition coefficient (Wildman–Crippen LogP) is 3.78. The molecule has 1 aliphatic carbocycles. The first-order valence-corrected chi connectivity index (χ1v) is 10.1. The van der Waals surface area contributed by atoms with Gasteiger partial charge >= 0.3 is 0 Å². The monoisotopic (exact) mass is 389 g/mol. The van der Waals surface area contributed by atoms with Gasteiger partial charge in [-0.25, -0.2) is 0 Å². The lowest BCUT2D eigenvalue weighted by Gasteiger charge is -2.17. The lowest BCUT2D eigenvalue weighted by Crippen LogP contribution is -2.30. The SMILES string of the molecule is Cc1c(COc2ccc3c(c2)C[C@H](O)[C@H]3NCCO)cccc1-c1ccccc1. The number of rotatable bonds is 7. The molecule has 0 fully saturated rings. The molecule has 4 rings (SSSR count). The van der Waals surface area contributed by atoms with Crippen LogP contribution in [0.4, 0.5) is 0 Å². The van der Waals surface area contributed by atoms with Crippen LogP contribution in [-0.2, 0) is 13.0 Å². The van der Waals surface area contributed by atoms with Gasteiger partial charge in [0.1, 0.15) is 12.4 Å². The fourth-order valence-electron chi connectivity index (χ4n) is 4.10. The highest BCUT2D eigenvalue weighted by atomic mass is 16.5. The van der Waals surface area contributed by atoms with Crippen LogP contribution in [-0.4, -0.2) is 29.5 Å². The maximum absolute atomic E-state index is 10.3. The highest BCUT2D eigenvalue weighted by Gasteiger charge is 2.30. The van der Waals surface area contributed by atoms with Crippen LogP contribution >= 0.6 is 0 Å². The molecule has 4 nitrogen and oxygen atoms in total. The average molecular weight is 389 g/mol. The highest BCUT2D eigenvalue weighted by Crippen LogP contribution is 2.34. The summed E-state index contributed by atoms with van der Waals surface area (Å²) in [5, 5.41) is 22.6. The van der Waals surface area contributed by atoms with E-state index in [1.165, 1.54) is 16.7 Å². The zero-order chi connectivity index (χ0) is 20.2. The summed E-state index contributed by atoms with van der Waals surface area (Å²) in [5.74, 6) is 0.809. The van der Waals surface area contributed by atoms with Gasteiger partial charge in [-0.2, -0.15) is 0 Å². The molecule has 0 unspecified atom stereocenters. The largest absolute Gasteiger partial charge is 0.489 e. The minimum atomic E-state index is -0.475. The zero-order valence-electron chi connectivity index (χ0n) is 16.6. The molecule has 0 aliphatic heterocycles. The Hall–Kier alpha value is -2.66. The summed E-state index contributed by atoms with van der Waals surface area (Å²) in [6.45, 7) is 3.16. The van der Waals surface area contributed by atoms with Gasteiger partial charge < -0.3 is 20.3 Å². The summed E-state index contributed by atoms with van der Waals surface area (Å²) in [6, 6.07) is 22.6. The van der Waals surface area contributed by atoms with Crippen molar-refractivity contribution in [3.63, 3.8) is 0 Å². The number of benzene rings is 3. The topological polar surface area (TPSA) is 61.7 Å². The number of ether oxygens (including phenoxy) is 1. The first-order chi connectivity index (χ1) is 14.2. The summed E-state index contributed by atoms with van der Waals surface area (Å²) in [7, 11) is 0. The van der Waals surface area contributed by atoms with Crippen molar-refractivity contribution in [2.24, 2.45) is 0 Å². The molecule has 0 heterocycles. The second-order valence-corrected chi connectivity index (χ2v) is 7.53. The van der Waals surface area contributed by atoms with Crippen molar-refractivity contribution in [1.29, 1.82) is 0 Å². The average Bonchev–Trinajstić information content (AvgIpc) is 3.06. The summed E-state index contributed by atoms with van der Waals surface area (Å²) in [4.78, 5) is 0. The first-order valence-electron chi connectivity index (χ1n) is 10.1. The van der Waals surface area contributed by atoms with E-state index in [-0.39, 0.29) is 12.6 Å². The van der Waals surface area contributed by atoms with Gasteiger partial charge in [-0.15, -0.1) is 0 Å². The van der Waals surface area contributed by atoms with E-state index in [4.69, 9.17) is 9.84 Å². The number of aliphatic hydroxyl groups excluding tert-OH is 2. The molecular weight excluding hydrogens is 362 g/mol. The van der Waals surface area contributed by atoms with Gasteiger partial charge in [-0.1, -0.05) is 54.6 Å². The van der Waals surface area contributed by atoms with Crippen molar-refractivity contribution in [3.05, 3.63) is 89.0 Å². The Morgan fingerprint density at radius 1 is 1.03 bits per heavy atom. The molecule has 0 radical (unpaired) electrons. The van der Waals surface area contributed by atoms with E-state index >= 15 is 0 Å². The highest BCUT2D eigenvalue weighted by molar-refractivity contribution is 5.68. The molecular formula is C25H27NO3. The van der Waals surface area contributed by atoms with Gasteiger partial charge in [0.15, 0.2) is 0 Å². The molecule has 3 aromatic rings. The summed E-state index contributed by atoms with van der Waals surface area (Å²) >= 11 is 0. The number of aliphatic hydroxyl groups is 2. The fourth-order valence-corrected chi connectivity index (χ4v) is 4.10. The van der Waals surface area contributed by atoms with Crippen molar-refractivity contribution >= 4 is 0 Å². The molecule has 0 saturated carbocycles. The van der Waals surface area contributed by atoms with E-state index < -0.39 is 6.10 Å². The van der Waals surface area contributed by atoms with Gasteiger partial charge in [0, 0.05) is 13.0 Å². The minimum Gasteiger partial charge on any atom is -0.489 e. The van der Waals surface area contributed by atoms with Crippen molar-refractivity contribution in [1.82, 2.24) is 5.32 Å². The second kappa shape index (κ2) is 8.78. The Balaban J connectivity index is 1.49. The van der Waals surface area contributed by atoms with Gasteiger partial charge in [-0.3, -0.25) is 0 Å². The van der Waals surface area contributed by atoms with Crippen molar-refractivity contribution < 1.29 is 14.9 Å². The third-order valence-electron chi connectivity index (χ3n) is 5.66. The van der Waals surface area contributed by atoms with Gasteiger partial charge in [0.2, 0.25) is 0 Å². The van der Waals surface area contributed by atoms with Gasteiger partial charge in [-0.05, 0) is 52.4 Å². The molecule has 0 spiro atoms. The summed E-state index contributed by atoms with van der Waals surface area (Å²) < 4.78 is 6.10. The smallest absolute Gasteiger partial charge is 0.120 e. The predicted molar refractivity (Wildman–Crippen MR) is 115 cm³/mol. The van der Waals surface area contributed by atoms with E-state index in [1.54, 1.807) is 0 Å². The van der Waals surface area contributed by atoms with Crippen LogP contribution in [0, 0.1) is 6.92 Å². The zero-order valence-corrected chi connectivity index (χ0v) is 16.6. The quantitative estimate of drug-likeness (QED) is 0.576. The van der Waals surface area contributed by atoms with Crippen LogP contribution in [0.25, 0.3) is 11.1 Å². The molecule has 3 N–H and O–H groups in total. The molecule has 0 amide bonds. The number of hydrogen-bond donors (Lipinski definition) is 3. The first kappa shape index (κ1) is 19.6. The molecule has 0 bridgehead atoms. The van der Waals surface area contributed by atoms with Crippen molar-refractivity contribution in [2.45, 2.75) is 32.1 Å². The Labute approximate surface area is 171 Å². The van der Waals surface area contributed by atoms with E-state index in [0.29, 0.717) is 19.6 Å². The lowest BCUT2D eigenvalue weighted by atomic mass is 9.97. The maximum Gasteiger partial charge on any atom is 0.120 e. The number of nitrogens with one attached hydrogen (secondary N) is 1. The Kier molecular flexibility index (Phi) is 5.95. The van der Waals surface area contributed by atoms with E-state index in [9.17, 15) is 5.11 Å². The van der Waals surface area contributed by atoms with E-state index in [1.807, 2.05) is 24.3 Å². The van der Waals surface area contributed by atoms with Crippen molar-refractivity contribution in [2.75, 3.05) is 13.2 Å². The fraction of sp³-hybridized carbons (Fsp3) is 0.280. The van der Waals surface area contributed by atoms with E-state index in [0.717, 1.165) is 22.4 Å². The van der Waals surface area contributed by atoms with Crippen LogP contribution in [0.15, 0.2) is 66.7 Å². The molecule has 29 heavy (non-hydrogen) atoms. The van der Waals surface area contributed by atoms with Crippen LogP contribution in [0.5, 0.6) is 5.75 Å². The third-order valence-corrected chi connectivity index (χ3v) is 5.66. The Bertz CT molecular complexity index is 971. The van der Waals surface area contributed by atoms with Gasteiger partial charge in [0.05, 0.1) is 18.8 Å². The molecule has 150 valence electrons. The molecule has 2 atom stereocenters. The normalized spacial score (nSPS) is 17.9. The number of hydrogen-bond acceptors (Lipinski definition) is 4. The van der Waals surface area contributed by atoms with E-state index in [2.05, 4.69) is 54.7 Å². The van der Waals surface area contributed by atoms with Crippen LogP contribution in [0.1, 0.15) is 28.3 Å². The van der Waals surface area contributed by atoms with Crippen LogP contribution < -0.4 is 10.1 Å².